The molecular weight excluding hydrogens is 306 g/mol. The molecule has 0 atom stereocenters. The van der Waals surface area contributed by atoms with E-state index in [0.717, 1.165) is 15.9 Å². The number of nitrogens with zero attached hydrogens (tertiary/aromatic N) is 1. The lowest BCUT2D eigenvalue weighted by Gasteiger charge is -2.09. The Morgan fingerprint density at radius 1 is 1.41 bits per heavy atom. The summed E-state index contributed by atoms with van der Waals surface area (Å²) in [6, 6.07) is 1.95. The molecule has 0 aliphatic carbocycles. The molecule has 0 spiro atoms. The Labute approximate surface area is 110 Å². The Bertz CT molecular complexity index is 476. The molecule has 0 aliphatic rings. The maximum absolute atomic E-state index is 11.2. The number of aromatic nitrogens is 1. The maximum Gasteiger partial charge on any atom is 0.211 e. The zero-order chi connectivity index (χ0) is 12.9. The highest BCUT2D eigenvalue weighted by Gasteiger charge is 2.05. The van der Waals surface area contributed by atoms with Gasteiger partial charge in [0.15, 0.2) is 0 Å². The monoisotopic (exact) mass is 321 g/mol. The van der Waals surface area contributed by atoms with Gasteiger partial charge in [0, 0.05) is 23.8 Å². The topological polar surface area (TPSA) is 71.1 Å². The van der Waals surface area contributed by atoms with Gasteiger partial charge in [-0.05, 0) is 41.4 Å². The van der Waals surface area contributed by atoms with Crippen molar-refractivity contribution in [3.8, 4) is 0 Å². The number of halogens is 1. The fourth-order valence-electron chi connectivity index (χ4n) is 1.22. The van der Waals surface area contributed by atoms with Crippen molar-refractivity contribution in [1.82, 2.24) is 9.71 Å². The van der Waals surface area contributed by atoms with E-state index in [0.29, 0.717) is 13.1 Å². The van der Waals surface area contributed by atoms with Crippen LogP contribution in [0, 0.1) is 6.92 Å². The molecule has 0 saturated heterocycles. The van der Waals surface area contributed by atoms with Crippen LogP contribution in [0.1, 0.15) is 12.5 Å². The van der Waals surface area contributed by atoms with Crippen molar-refractivity contribution in [2.75, 3.05) is 24.2 Å². The first kappa shape index (κ1) is 14.4. The second kappa shape index (κ2) is 6.32. The van der Waals surface area contributed by atoms with Gasteiger partial charge >= 0.3 is 0 Å². The number of rotatable bonds is 6. The van der Waals surface area contributed by atoms with Crippen molar-refractivity contribution < 1.29 is 8.42 Å². The molecule has 0 aliphatic heterocycles. The van der Waals surface area contributed by atoms with E-state index in [1.807, 2.05) is 13.0 Å². The van der Waals surface area contributed by atoms with Gasteiger partial charge in [-0.3, -0.25) is 0 Å². The van der Waals surface area contributed by atoms with Crippen molar-refractivity contribution in [1.29, 1.82) is 0 Å². The van der Waals surface area contributed by atoms with Gasteiger partial charge in [-0.15, -0.1) is 0 Å². The molecule has 0 unspecified atom stereocenters. The van der Waals surface area contributed by atoms with Crippen LogP contribution in [0.25, 0.3) is 0 Å². The summed E-state index contributed by atoms with van der Waals surface area (Å²) < 4.78 is 25.7. The number of pyridine rings is 1. The minimum atomic E-state index is -3.11. The molecule has 0 amide bonds. The standard InChI is InChI=1S/C10H16BrN3O2S/c1-3-17(15,16)14-5-4-12-10-8(2)6-9(11)7-13-10/h6-7,14H,3-5H2,1-2H3,(H,12,13). The molecule has 1 rings (SSSR count). The van der Waals surface area contributed by atoms with Crippen LogP contribution < -0.4 is 10.0 Å². The number of aryl methyl sites for hydroxylation is 1. The van der Waals surface area contributed by atoms with Gasteiger partial charge in [0.1, 0.15) is 5.82 Å². The molecule has 2 N–H and O–H groups in total. The van der Waals surface area contributed by atoms with Gasteiger partial charge in [0.05, 0.1) is 5.75 Å². The number of sulfonamides is 1. The zero-order valence-corrected chi connectivity index (χ0v) is 12.2. The third kappa shape index (κ3) is 5.01. The van der Waals surface area contributed by atoms with E-state index in [-0.39, 0.29) is 5.75 Å². The first-order chi connectivity index (χ1) is 7.94. The SMILES string of the molecule is CCS(=O)(=O)NCCNc1ncc(Br)cc1C. The summed E-state index contributed by atoms with van der Waals surface area (Å²) in [5.41, 5.74) is 1.01. The number of hydrogen-bond donors (Lipinski definition) is 2. The highest BCUT2D eigenvalue weighted by molar-refractivity contribution is 9.10. The molecule has 1 aromatic rings. The minimum absolute atomic E-state index is 0.0998. The van der Waals surface area contributed by atoms with Crippen molar-refractivity contribution >= 4 is 31.8 Å². The van der Waals surface area contributed by atoms with Crippen LogP contribution in [-0.2, 0) is 10.0 Å². The van der Waals surface area contributed by atoms with E-state index < -0.39 is 10.0 Å². The van der Waals surface area contributed by atoms with E-state index in [9.17, 15) is 8.42 Å². The van der Waals surface area contributed by atoms with Gasteiger partial charge in [-0.25, -0.2) is 18.1 Å². The Morgan fingerprint density at radius 3 is 2.71 bits per heavy atom. The van der Waals surface area contributed by atoms with E-state index in [2.05, 4.69) is 31.0 Å². The second-order valence-electron chi connectivity index (χ2n) is 3.54. The lowest BCUT2D eigenvalue weighted by Crippen LogP contribution is -2.30. The van der Waals surface area contributed by atoms with Crippen LogP contribution in [0.15, 0.2) is 16.7 Å². The first-order valence-electron chi connectivity index (χ1n) is 5.28. The lowest BCUT2D eigenvalue weighted by molar-refractivity contribution is 0.584. The van der Waals surface area contributed by atoms with Gasteiger partial charge < -0.3 is 5.32 Å². The molecule has 0 radical (unpaired) electrons. The van der Waals surface area contributed by atoms with E-state index in [4.69, 9.17) is 0 Å². The fraction of sp³-hybridized carbons (Fsp3) is 0.500. The van der Waals surface area contributed by atoms with E-state index in [1.54, 1.807) is 13.1 Å². The van der Waals surface area contributed by atoms with Crippen molar-refractivity contribution in [2.45, 2.75) is 13.8 Å². The van der Waals surface area contributed by atoms with Gasteiger partial charge in [-0.1, -0.05) is 0 Å². The number of hydrogen-bond acceptors (Lipinski definition) is 4. The Kier molecular flexibility index (Phi) is 5.35. The van der Waals surface area contributed by atoms with Crippen LogP contribution in [0.2, 0.25) is 0 Å². The molecule has 1 heterocycles. The van der Waals surface area contributed by atoms with Crippen LogP contribution in [0.4, 0.5) is 5.82 Å². The quantitative estimate of drug-likeness (QED) is 0.779. The van der Waals surface area contributed by atoms with Crippen LogP contribution in [-0.4, -0.2) is 32.2 Å². The summed E-state index contributed by atoms with van der Waals surface area (Å²) in [4.78, 5) is 4.20. The van der Waals surface area contributed by atoms with Gasteiger partial charge in [0.25, 0.3) is 0 Å². The normalized spacial score (nSPS) is 11.5. The van der Waals surface area contributed by atoms with E-state index >= 15 is 0 Å². The molecule has 5 nitrogen and oxygen atoms in total. The first-order valence-corrected chi connectivity index (χ1v) is 7.72. The fourth-order valence-corrected chi connectivity index (χ4v) is 2.28. The smallest absolute Gasteiger partial charge is 0.211 e. The summed E-state index contributed by atoms with van der Waals surface area (Å²) in [5, 5.41) is 3.08. The van der Waals surface area contributed by atoms with E-state index in [1.165, 1.54) is 0 Å². The Morgan fingerprint density at radius 2 is 2.12 bits per heavy atom. The van der Waals surface area contributed by atoms with Gasteiger partial charge in [-0.2, -0.15) is 0 Å². The highest BCUT2D eigenvalue weighted by Crippen LogP contribution is 2.16. The molecule has 96 valence electrons. The minimum Gasteiger partial charge on any atom is -0.369 e. The Hall–Kier alpha value is -0.660. The molecule has 0 saturated carbocycles. The van der Waals surface area contributed by atoms with Gasteiger partial charge in [0.2, 0.25) is 10.0 Å². The van der Waals surface area contributed by atoms with Crippen LogP contribution in [0.5, 0.6) is 0 Å². The molecule has 0 aromatic carbocycles. The van der Waals surface area contributed by atoms with Crippen LogP contribution in [0.3, 0.4) is 0 Å². The average Bonchev–Trinajstić information content (AvgIpc) is 2.27. The predicted octanol–water partition coefficient (Wildman–Crippen LogP) is 1.50. The zero-order valence-electron chi connectivity index (χ0n) is 9.83. The number of nitrogens with one attached hydrogen (secondary N) is 2. The molecule has 0 fully saturated rings. The highest BCUT2D eigenvalue weighted by atomic mass is 79.9. The summed E-state index contributed by atoms with van der Waals surface area (Å²) in [5.74, 6) is 0.867. The molecule has 17 heavy (non-hydrogen) atoms. The third-order valence-corrected chi connectivity index (χ3v) is 4.00. The van der Waals surface area contributed by atoms with Crippen LogP contribution >= 0.6 is 15.9 Å². The molecular formula is C10H16BrN3O2S. The maximum atomic E-state index is 11.2. The summed E-state index contributed by atoms with van der Waals surface area (Å²) >= 11 is 3.33. The Balaban J connectivity index is 2.41. The summed E-state index contributed by atoms with van der Waals surface area (Å²) in [6.07, 6.45) is 1.70. The lowest BCUT2D eigenvalue weighted by atomic mass is 10.3. The van der Waals surface area contributed by atoms with Crippen molar-refractivity contribution in [3.63, 3.8) is 0 Å². The summed E-state index contributed by atoms with van der Waals surface area (Å²) in [6.45, 7) is 4.41. The largest absolute Gasteiger partial charge is 0.369 e. The third-order valence-electron chi connectivity index (χ3n) is 2.16. The second-order valence-corrected chi connectivity index (χ2v) is 6.55. The average molecular weight is 322 g/mol. The molecule has 0 bridgehead atoms. The predicted molar refractivity (Wildman–Crippen MR) is 72.6 cm³/mol. The molecule has 1 aromatic heterocycles. The molecule has 7 heteroatoms. The van der Waals surface area contributed by atoms with Crippen molar-refractivity contribution in [3.05, 3.63) is 22.3 Å². The summed E-state index contributed by atoms with van der Waals surface area (Å²) in [7, 11) is -3.11. The number of anilines is 1. The van der Waals surface area contributed by atoms with Crippen molar-refractivity contribution in [2.24, 2.45) is 0 Å².